The zero-order chi connectivity index (χ0) is 32.2. The standard InChI is InChI=1S/C31H40ClF3N4O5/c1-4-44-30(43)24(33)15-21(13-18-10-11-36-27(18)40)38-28(41)26-23-9-8-22(16-31(23,34)35)39(26)29(42)25(12-17(2)3)37-20-7-5-6-19(32)14-20/h5-7,14-15,17-18,21-23,25-26,37H,4,8-13,16H2,1-3H3,(H,36,40)(H,38,41)/b24-15+/t18-,21+,22-,23-,25+,26+/m0/s1. The summed E-state index contributed by atoms with van der Waals surface area (Å²) >= 11 is 6.14. The molecule has 1 aromatic carbocycles. The van der Waals surface area contributed by atoms with Gasteiger partial charge >= 0.3 is 5.97 Å². The summed E-state index contributed by atoms with van der Waals surface area (Å²) in [6, 6.07) is 2.33. The number of nitrogens with zero attached hydrogens (tertiary/aromatic N) is 1. The van der Waals surface area contributed by atoms with Crippen LogP contribution in [0.4, 0.5) is 18.9 Å². The van der Waals surface area contributed by atoms with Gasteiger partial charge in [0.1, 0.15) is 12.1 Å². The van der Waals surface area contributed by atoms with E-state index in [1.807, 2.05) is 13.8 Å². The van der Waals surface area contributed by atoms with Crippen molar-refractivity contribution in [3.63, 3.8) is 0 Å². The number of hydrogen-bond donors (Lipinski definition) is 3. The van der Waals surface area contributed by atoms with Crippen molar-refractivity contribution in [1.82, 2.24) is 15.5 Å². The van der Waals surface area contributed by atoms with Gasteiger partial charge in [-0.25, -0.2) is 13.6 Å². The highest BCUT2D eigenvalue weighted by molar-refractivity contribution is 6.30. The number of anilines is 1. The maximum absolute atomic E-state index is 15.3. The molecule has 4 aliphatic rings. The van der Waals surface area contributed by atoms with Gasteiger partial charge in [0.25, 0.3) is 5.92 Å². The molecule has 5 rings (SSSR count). The second-order valence-electron chi connectivity index (χ2n) is 12.2. The quantitative estimate of drug-likeness (QED) is 0.227. The molecule has 3 aliphatic heterocycles. The molecule has 9 nitrogen and oxygen atoms in total. The third-order valence-corrected chi connectivity index (χ3v) is 8.71. The van der Waals surface area contributed by atoms with Crippen LogP contribution in [0.5, 0.6) is 0 Å². The maximum Gasteiger partial charge on any atom is 0.366 e. The number of esters is 1. The van der Waals surface area contributed by atoms with E-state index in [0.29, 0.717) is 36.5 Å². The van der Waals surface area contributed by atoms with E-state index in [0.717, 1.165) is 6.08 Å². The SMILES string of the molecule is CCOC(=O)/C(F)=C\[C@@H](C[C@@H]1CCNC1=O)NC(=O)[C@H]1[C@@H]2CC[C@@H](CC2(F)F)N1C(=O)[C@@H](CC(C)C)Nc1cccc(Cl)c1. The normalized spacial score (nSPS) is 25.8. The summed E-state index contributed by atoms with van der Waals surface area (Å²) in [4.78, 5) is 53.7. The summed E-state index contributed by atoms with van der Waals surface area (Å²) in [5.74, 6) is -9.42. The van der Waals surface area contributed by atoms with Gasteiger partial charge in [-0.15, -0.1) is 0 Å². The molecule has 4 fully saturated rings. The lowest BCUT2D eigenvalue weighted by molar-refractivity contribution is -0.194. The molecule has 3 heterocycles. The van der Waals surface area contributed by atoms with Gasteiger partial charge in [0.2, 0.25) is 23.5 Å². The predicted molar refractivity (Wildman–Crippen MR) is 159 cm³/mol. The number of halogens is 4. The monoisotopic (exact) mass is 640 g/mol. The van der Waals surface area contributed by atoms with Crippen LogP contribution >= 0.6 is 11.6 Å². The number of amides is 3. The van der Waals surface area contributed by atoms with Crippen molar-refractivity contribution in [2.24, 2.45) is 17.8 Å². The summed E-state index contributed by atoms with van der Waals surface area (Å²) in [7, 11) is 0. The summed E-state index contributed by atoms with van der Waals surface area (Å²) in [6.45, 7) is 5.67. The summed E-state index contributed by atoms with van der Waals surface area (Å²) in [5, 5.41) is 8.90. The van der Waals surface area contributed by atoms with Crippen molar-refractivity contribution in [1.29, 1.82) is 0 Å². The largest absolute Gasteiger partial charge is 0.461 e. The van der Waals surface area contributed by atoms with Crippen LogP contribution in [0.1, 0.15) is 59.3 Å². The van der Waals surface area contributed by atoms with E-state index >= 15 is 8.78 Å². The molecule has 0 aromatic heterocycles. The summed E-state index contributed by atoms with van der Waals surface area (Å²) < 4.78 is 50.1. The number of alkyl halides is 2. The first-order chi connectivity index (χ1) is 20.8. The summed E-state index contributed by atoms with van der Waals surface area (Å²) in [6.07, 6.45) is 1.32. The molecule has 1 saturated carbocycles. The minimum atomic E-state index is -3.21. The van der Waals surface area contributed by atoms with Crippen LogP contribution in [0.3, 0.4) is 0 Å². The number of hydrogen-bond acceptors (Lipinski definition) is 6. The van der Waals surface area contributed by atoms with Crippen molar-refractivity contribution in [3.05, 3.63) is 41.2 Å². The Balaban J connectivity index is 1.65. The molecule has 2 bridgehead atoms. The first kappa shape index (κ1) is 33.6. The van der Waals surface area contributed by atoms with E-state index in [-0.39, 0.29) is 31.3 Å². The molecule has 3 saturated heterocycles. The third kappa shape index (κ3) is 7.86. The molecule has 6 atom stereocenters. The van der Waals surface area contributed by atoms with Crippen LogP contribution in [-0.4, -0.2) is 71.8 Å². The fourth-order valence-corrected chi connectivity index (χ4v) is 6.72. The number of nitrogens with one attached hydrogen (secondary N) is 3. The van der Waals surface area contributed by atoms with E-state index in [1.165, 1.54) is 11.8 Å². The Bertz CT molecular complexity index is 1280. The van der Waals surface area contributed by atoms with Gasteiger partial charge in [-0.2, -0.15) is 4.39 Å². The van der Waals surface area contributed by atoms with Gasteiger partial charge in [-0.3, -0.25) is 14.4 Å². The van der Waals surface area contributed by atoms with Gasteiger partial charge in [-0.1, -0.05) is 31.5 Å². The minimum Gasteiger partial charge on any atom is -0.461 e. The second kappa shape index (κ2) is 14.2. The fourth-order valence-electron chi connectivity index (χ4n) is 6.53. The molecule has 242 valence electrons. The Morgan fingerprint density at radius 1 is 1.23 bits per heavy atom. The lowest BCUT2D eigenvalue weighted by atomic mass is 9.71. The lowest BCUT2D eigenvalue weighted by Crippen LogP contribution is -2.70. The van der Waals surface area contributed by atoms with Crippen LogP contribution in [0.25, 0.3) is 0 Å². The number of rotatable bonds is 12. The third-order valence-electron chi connectivity index (χ3n) is 8.48. The van der Waals surface area contributed by atoms with Crippen molar-refractivity contribution < 1.29 is 37.1 Å². The molecule has 1 aromatic rings. The van der Waals surface area contributed by atoms with Gasteiger partial charge in [0.15, 0.2) is 0 Å². The molecular weight excluding hydrogens is 601 g/mol. The van der Waals surface area contributed by atoms with Crippen LogP contribution < -0.4 is 16.0 Å². The van der Waals surface area contributed by atoms with Gasteiger partial charge in [-0.05, 0) is 69.2 Å². The second-order valence-corrected chi connectivity index (χ2v) is 12.6. The number of carbonyl (C=O) groups is 4. The fraction of sp³-hybridized carbons (Fsp3) is 0.613. The van der Waals surface area contributed by atoms with Crippen LogP contribution in [0.15, 0.2) is 36.2 Å². The average molecular weight is 641 g/mol. The number of carbonyl (C=O) groups excluding carboxylic acids is 4. The van der Waals surface area contributed by atoms with Crippen molar-refractivity contribution >= 4 is 41.0 Å². The highest BCUT2D eigenvalue weighted by Crippen LogP contribution is 2.49. The van der Waals surface area contributed by atoms with Gasteiger partial charge in [0.05, 0.1) is 18.6 Å². The van der Waals surface area contributed by atoms with Crippen molar-refractivity contribution in [3.8, 4) is 0 Å². The Labute approximate surface area is 260 Å². The Morgan fingerprint density at radius 2 is 1.98 bits per heavy atom. The van der Waals surface area contributed by atoms with E-state index in [2.05, 4.69) is 16.0 Å². The zero-order valence-electron chi connectivity index (χ0n) is 25.1. The number of fused-ring (bicyclic) bond motifs is 3. The molecule has 3 N–H and O–H groups in total. The highest BCUT2D eigenvalue weighted by Gasteiger charge is 2.61. The molecule has 44 heavy (non-hydrogen) atoms. The Kier molecular flexibility index (Phi) is 10.9. The lowest BCUT2D eigenvalue weighted by Gasteiger charge is -2.54. The summed E-state index contributed by atoms with van der Waals surface area (Å²) in [5.41, 5.74) is 0.569. The van der Waals surface area contributed by atoms with Crippen molar-refractivity contribution in [2.75, 3.05) is 18.5 Å². The molecule has 0 unspecified atom stereocenters. The zero-order valence-corrected chi connectivity index (χ0v) is 25.8. The van der Waals surface area contributed by atoms with E-state index in [9.17, 15) is 23.6 Å². The van der Waals surface area contributed by atoms with E-state index < -0.39 is 72.0 Å². The predicted octanol–water partition coefficient (Wildman–Crippen LogP) is 4.61. The average Bonchev–Trinajstić information content (AvgIpc) is 3.35. The highest BCUT2D eigenvalue weighted by atomic mass is 35.5. The topological polar surface area (TPSA) is 117 Å². The van der Waals surface area contributed by atoms with E-state index in [4.69, 9.17) is 16.3 Å². The molecule has 1 aliphatic carbocycles. The first-order valence-electron chi connectivity index (χ1n) is 15.1. The maximum atomic E-state index is 15.3. The number of ether oxygens (including phenoxy) is 1. The van der Waals surface area contributed by atoms with Gasteiger partial charge < -0.3 is 25.6 Å². The molecule has 0 spiro atoms. The molecule has 0 radical (unpaired) electrons. The van der Waals surface area contributed by atoms with Crippen LogP contribution in [-0.2, 0) is 23.9 Å². The number of benzene rings is 1. The number of piperidine rings is 2. The van der Waals surface area contributed by atoms with Gasteiger partial charge in [0, 0.05) is 35.6 Å². The van der Waals surface area contributed by atoms with Crippen LogP contribution in [0, 0.1) is 17.8 Å². The van der Waals surface area contributed by atoms with Crippen LogP contribution in [0.2, 0.25) is 5.02 Å². The molecule has 13 heteroatoms. The molecular formula is C31H40ClF3N4O5. The minimum absolute atomic E-state index is 0.0266. The Morgan fingerprint density at radius 3 is 2.59 bits per heavy atom. The van der Waals surface area contributed by atoms with E-state index in [1.54, 1.807) is 24.3 Å². The first-order valence-corrected chi connectivity index (χ1v) is 15.5. The molecule has 3 amide bonds. The Hall–Kier alpha value is -3.28. The van der Waals surface area contributed by atoms with Crippen molar-refractivity contribution in [2.45, 2.75) is 89.4 Å². The smallest absolute Gasteiger partial charge is 0.366 e.